The number of rotatable bonds is 1. The van der Waals surface area contributed by atoms with Crippen LogP contribution >= 0.6 is 7.60 Å². The van der Waals surface area contributed by atoms with E-state index in [1.807, 2.05) is 13.0 Å². The van der Waals surface area contributed by atoms with Crippen molar-refractivity contribution in [2.24, 2.45) is 0 Å². The minimum Gasteiger partial charge on any atom is -0.412 e. The van der Waals surface area contributed by atoms with Gasteiger partial charge in [-0.3, -0.25) is 0 Å². The van der Waals surface area contributed by atoms with E-state index >= 15 is 0 Å². The molecule has 112 valence electrons. The van der Waals surface area contributed by atoms with E-state index in [1.54, 1.807) is 0 Å². The van der Waals surface area contributed by atoms with Crippen LogP contribution in [0.5, 0.6) is 11.5 Å². The number of hydrogen-bond acceptors (Lipinski definition) is 3. The maximum Gasteiger partial charge on any atom is 0.430 e. The van der Waals surface area contributed by atoms with E-state index in [0.717, 1.165) is 5.56 Å². The SMILES string of the molecule is CC[P@]1(=O)Oc2cc(C(C)(C)C)cc(C(C)(C)C)c2O1. The van der Waals surface area contributed by atoms with E-state index in [9.17, 15) is 4.57 Å². The van der Waals surface area contributed by atoms with Crippen LogP contribution in [-0.2, 0) is 15.4 Å². The average molecular weight is 296 g/mol. The first-order valence-electron chi connectivity index (χ1n) is 7.13. The molecule has 0 unspecified atom stereocenters. The molecule has 0 aliphatic carbocycles. The van der Waals surface area contributed by atoms with Crippen molar-refractivity contribution in [1.29, 1.82) is 0 Å². The van der Waals surface area contributed by atoms with Crippen LogP contribution in [0.3, 0.4) is 0 Å². The second-order valence-electron chi connectivity index (χ2n) is 7.46. The summed E-state index contributed by atoms with van der Waals surface area (Å²) < 4.78 is 23.8. The fourth-order valence-corrected chi connectivity index (χ4v) is 3.39. The van der Waals surface area contributed by atoms with Crippen molar-refractivity contribution in [3.63, 3.8) is 0 Å². The molecule has 0 saturated heterocycles. The Morgan fingerprint density at radius 3 is 2.05 bits per heavy atom. The van der Waals surface area contributed by atoms with E-state index < -0.39 is 7.60 Å². The van der Waals surface area contributed by atoms with Crippen molar-refractivity contribution >= 4 is 7.60 Å². The molecule has 0 bridgehead atoms. The molecule has 0 aromatic heterocycles. The first kappa shape index (κ1) is 15.4. The first-order valence-corrected chi connectivity index (χ1v) is 8.86. The monoisotopic (exact) mass is 296 g/mol. The van der Waals surface area contributed by atoms with Gasteiger partial charge in [0.1, 0.15) is 0 Å². The lowest BCUT2D eigenvalue weighted by molar-refractivity contribution is 0.429. The topological polar surface area (TPSA) is 35.5 Å². The summed E-state index contributed by atoms with van der Waals surface area (Å²) in [5.41, 5.74) is 2.16. The molecule has 0 radical (unpaired) electrons. The quantitative estimate of drug-likeness (QED) is 0.663. The molecule has 4 heteroatoms. The molecule has 1 aliphatic heterocycles. The Labute approximate surface area is 122 Å². The highest BCUT2D eigenvalue weighted by Crippen LogP contribution is 2.61. The second kappa shape index (κ2) is 4.53. The van der Waals surface area contributed by atoms with Gasteiger partial charge in [0.15, 0.2) is 11.5 Å². The van der Waals surface area contributed by atoms with Crippen molar-refractivity contribution in [2.75, 3.05) is 6.16 Å². The van der Waals surface area contributed by atoms with Crippen LogP contribution in [0.1, 0.15) is 59.6 Å². The lowest BCUT2D eigenvalue weighted by atomic mass is 9.80. The van der Waals surface area contributed by atoms with Crippen molar-refractivity contribution in [3.05, 3.63) is 23.3 Å². The fourth-order valence-electron chi connectivity index (χ4n) is 2.19. The molecular weight excluding hydrogens is 271 g/mol. The van der Waals surface area contributed by atoms with Crippen LogP contribution in [0.2, 0.25) is 0 Å². The van der Waals surface area contributed by atoms with Gasteiger partial charge in [-0.1, -0.05) is 54.5 Å². The molecule has 2 rings (SSSR count). The fraction of sp³-hybridized carbons (Fsp3) is 0.625. The second-order valence-corrected chi connectivity index (χ2v) is 9.68. The molecule has 1 heterocycles. The zero-order valence-corrected chi connectivity index (χ0v) is 14.4. The van der Waals surface area contributed by atoms with E-state index in [4.69, 9.17) is 9.05 Å². The summed E-state index contributed by atoms with van der Waals surface area (Å²) >= 11 is 0. The third kappa shape index (κ3) is 2.74. The predicted octanol–water partition coefficient (Wildman–Crippen LogP) is 5.27. The summed E-state index contributed by atoms with van der Waals surface area (Å²) in [6.45, 7) is 14.7. The van der Waals surface area contributed by atoms with Crippen molar-refractivity contribution in [2.45, 2.75) is 59.3 Å². The molecule has 1 atom stereocenters. The first-order chi connectivity index (χ1) is 8.96. The van der Waals surface area contributed by atoms with Crippen LogP contribution in [0.25, 0.3) is 0 Å². The molecule has 0 saturated carbocycles. The summed E-state index contributed by atoms with van der Waals surface area (Å²) in [7, 11) is -3.00. The molecular formula is C16H25O3P. The highest BCUT2D eigenvalue weighted by Gasteiger charge is 2.39. The van der Waals surface area contributed by atoms with Gasteiger partial charge in [-0.15, -0.1) is 0 Å². The van der Waals surface area contributed by atoms with E-state index in [2.05, 4.69) is 47.6 Å². The van der Waals surface area contributed by atoms with Crippen molar-refractivity contribution in [1.82, 2.24) is 0 Å². The minimum atomic E-state index is -3.00. The van der Waals surface area contributed by atoms with E-state index in [-0.39, 0.29) is 10.8 Å². The van der Waals surface area contributed by atoms with E-state index in [0.29, 0.717) is 17.7 Å². The average Bonchev–Trinajstić information content (AvgIpc) is 2.62. The van der Waals surface area contributed by atoms with Gasteiger partial charge in [-0.2, -0.15) is 0 Å². The minimum absolute atomic E-state index is 0.0111. The highest BCUT2D eigenvalue weighted by atomic mass is 31.2. The third-order valence-corrected chi connectivity index (χ3v) is 5.29. The predicted molar refractivity (Wildman–Crippen MR) is 83.2 cm³/mol. The van der Waals surface area contributed by atoms with Crippen LogP contribution < -0.4 is 9.05 Å². The van der Waals surface area contributed by atoms with Crippen molar-refractivity contribution < 1.29 is 13.6 Å². The molecule has 3 nitrogen and oxygen atoms in total. The Hall–Kier alpha value is -0.950. The number of benzene rings is 1. The molecule has 0 amide bonds. The number of fused-ring (bicyclic) bond motifs is 1. The zero-order chi connectivity index (χ0) is 15.3. The molecule has 0 N–H and O–H groups in total. The van der Waals surface area contributed by atoms with Crippen LogP contribution in [0.15, 0.2) is 12.1 Å². The van der Waals surface area contributed by atoms with Crippen LogP contribution in [-0.4, -0.2) is 6.16 Å². The summed E-state index contributed by atoms with van der Waals surface area (Å²) in [5, 5.41) is 0. The lowest BCUT2D eigenvalue weighted by Crippen LogP contribution is -2.16. The van der Waals surface area contributed by atoms with Crippen LogP contribution in [0, 0.1) is 0 Å². The third-order valence-electron chi connectivity index (χ3n) is 3.58. The van der Waals surface area contributed by atoms with Gasteiger partial charge in [0, 0.05) is 5.56 Å². The maximum absolute atomic E-state index is 12.4. The van der Waals surface area contributed by atoms with Gasteiger partial charge < -0.3 is 9.05 Å². The highest BCUT2D eigenvalue weighted by molar-refractivity contribution is 7.55. The standard InChI is InChI=1S/C16H25O3P/c1-8-20(17)18-13-10-11(15(2,3)4)9-12(14(13)19-20)16(5,6)7/h9-10H,8H2,1-7H3/t20-/m0/s1. The zero-order valence-electron chi connectivity index (χ0n) is 13.5. The summed E-state index contributed by atoms with van der Waals surface area (Å²) in [4.78, 5) is 0. The molecule has 1 aliphatic rings. The Kier molecular flexibility index (Phi) is 3.49. The maximum atomic E-state index is 12.4. The Morgan fingerprint density at radius 2 is 1.60 bits per heavy atom. The van der Waals surface area contributed by atoms with Crippen molar-refractivity contribution in [3.8, 4) is 11.5 Å². The smallest absolute Gasteiger partial charge is 0.412 e. The lowest BCUT2D eigenvalue weighted by Gasteiger charge is -2.25. The summed E-state index contributed by atoms with van der Waals surface area (Å²) in [5.74, 6) is 1.29. The normalized spacial score (nSPS) is 22.1. The van der Waals surface area contributed by atoms with Gasteiger partial charge in [0.2, 0.25) is 0 Å². The molecule has 1 aromatic carbocycles. The molecule has 0 spiro atoms. The van der Waals surface area contributed by atoms with Gasteiger partial charge >= 0.3 is 7.60 Å². The Balaban J connectivity index is 2.65. The largest absolute Gasteiger partial charge is 0.430 e. The van der Waals surface area contributed by atoms with Gasteiger partial charge in [0.05, 0.1) is 6.16 Å². The molecule has 1 aromatic rings. The van der Waals surface area contributed by atoms with Gasteiger partial charge in [-0.05, 0) is 22.5 Å². The van der Waals surface area contributed by atoms with Gasteiger partial charge in [-0.25, -0.2) is 4.57 Å². The van der Waals surface area contributed by atoms with Crippen LogP contribution in [0.4, 0.5) is 0 Å². The Morgan fingerprint density at radius 1 is 1.00 bits per heavy atom. The summed E-state index contributed by atoms with van der Waals surface area (Å²) in [6, 6.07) is 4.13. The molecule has 20 heavy (non-hydrogen) atoms. The summed E-state index contributed by atoms with van der Waals surface area (Å²) in [6.07, 6.45) is 0.385. The Bertz CT molecular complexity index is 577. The van der Waals surface area contributed by atoms with E-state index in [1.165, 1.54) is 5.56 Å². The molecule has 0 fully saturated rings. The van der Waals surface area contributed by atoms with Gasteiger partial charge in [0.25, 0.3) is 0 Å². The number of hydrogen-bond donors (Lipinski definition) is 0.